The van der Waals surface area contributed by atoms with Crippen LogP contribution >= 0.6 is 12.2 Å². The highest BCUT2D eigenvalue weighted by atomic mass is 32.1. The van der Waals surface area contributed by atoms with Crippen molar-refractivity contribution >= 4 is 35.1 Å². The molecule has 0 heterocycles. The molecule has 0 saturated carbocycles. The highest BCUT2D eigenvalue weighted by Crippen LogP contribution is 2.12. The van der Waals surface area contributed by atoms with Crippen molar-refractivity contribution in [2.24, 2.45) is 0 Å². The minimum absolute atomic E-state index is 0.0881. The van der Waals surface area contributed by atoms with Crippen LogP contribution in [0.15, 0.2) is 24.3 Å². The van der Waals surface area contributed by atoms with Gasteiger partial charge >= 0.3 is 5.97 Å². The van der Waals surface area contributed by atoms with Crippen molar-refractivity contribution in [1.29, 1.82) is 0 Å². The highest BCUT2D eigenvalue weighted by molar-refractivity contribution is 7.80. The summed E-state index contributed by atoms with van der Waals surface area (Å²) in [6.07, 6.45) is 0.733. The molecule has 10 heteroatoms. The zero-order chi connectivity index (χ0) is 20.8. The lowest BCUT2D eigenvalue weighted by Gasteiger charge is -2.11. The van der Waals surface area contributed by atoms with E-state index in [4.69, 9.17) is 26.4 Å². The summed E-state index contributed by atoms with van der Waals surface area (Å²) >= 11 is 4.89. The summed E-state index contributed by atoms with van der Waals surface area (Å²) in [5.41, 5.74) is 5.86. The Morgan fingerprint density at radius 2 is 1.71 bits per heavy atom. The first-order valence-corrected chi connectivity index (χ1v) is 9.10. The Morgan fingerprint density at radius 3 is 2.36 bits per heavy atom. The van der Waals surface area contributed by atoms with Crippen molar-refractivity contribution < 1.29 is 28.6 Å². The first-order valence-electron chi connectivity index (χ1n) is 8.69. The van der Waals surface area contributed by atoms with Gasteiger partial charge < -0.3 is 19.5 Å². The zero-order valence-corrected chi connectivity index (χ0v) is 16.7. The molecule has 0 aromatic heterocycles. The lowest BCUT2D eigenvalue weighted by Crippen LogP contribution is -2.49. The van der Waals surface area contributed by atoms with Crippen LogP contribution in [0.3, 0.4) is 0 Å². The summed E-state index contributed by atoms with van der Waals surface area (Å²) in [4.78, 5) is 34.8. The van der Waals surface area contributed by atoms with Crippen LogP contribution in [0.4, 0.5) is 0 Å². The number of rotatable bonds is 10. The van der Waals surface area contributed by atoms with Gasteiger partial charge in [0.05, 0.1) is 13.0 Å². The first kappa shape index (κ1) is 23.3. The molecule has 0 bridgehead atoms. The van der Waals surface area contributed by atoms with Crippen LogP contribution in [0, 0.1) is 0 Å². The second kappa shape index (κ2) is 13.4. The van der Waals surface area contributed by atoms with Gasteiger partial charge in [0.2, 0.25) is 5.91 Å². The fourth-order valence-electron chi connectivity index (χ4n) is 1.88. The van der Waals surface area contributed by atoms with Gasteiger partial charge in [0.25, 0.3) is 5.91 Å². The topological polar surface area (TPSA) is 115 Å². The van der Waals surface area contributed by atoms with E-state index in [0.717, 1.165) is 6.42 Å². The smallest absolute Gasteiger partial charge is 0.306 e. The molecule has 0 spiro atoms. The Morgan fingerprint density at radius 1 is 1.00 bits per heavy atom. The third-order valence-corrected chi connectivity index (χ3v) is 3.58. The van der Waals surface area contributed by atoms with Gasteiger partial charge in [0.15, 0.2) is 11.7 Å². The predicted molar refractivity (Wildman–Crippen MR) is 105 cm³/mol. The molecule has 28 heavy (non-hydrogen) atoms. The number of nitrogens with one attached hydrogen (secondary N) is 3. The van der Waals surface area contributed by atoms with Crippen molar-refractivity contribution in [3.8, 4) is 5.75 Å². The van der Waals surface area contributed by atoms with Crippen molar-refractivity contribution in [2.45, 2.75) is 26.2 Å². The number of carbonyl (C=O) groups excluding carboxylic acids is 3. The van der Waals surface area contributed by atoms with Crippen LogP contribution in [-0.4, -0.2) is 49.8 Å². The van der Waals surface area contributed by atoms with Gasteiger partial charge in [-0.3, -0.25) is 25.2 Å². The Hall–Kier alpha value is -2.72. The largest absolute Gasteiger partial charge is 0.484 e. The first-order chi connectivity index (χ1) is 13.4. The molecule has 0 radical (unpaired) electrons. The van der Waals surface area contributed by atoms with Crippen molar-refractivity contribution in [3.63, 3.8) is 0 Å². The molecular weight excluding hydrogens is 386 g/mol. The van der Waals surface area contributed by atoms with E-state index >= 15 is 0 Å². The van der Waals surface area contributed by atoms with E-state index in [1.807, 2.05) is 19.1 Å². The van der Waals surface area contributed by atoms with E-state index in [0.29, 0.717) is 12.4 Å². The maximum absolute atomic E-state index is 11.7. The van der Waals surface area contributed by atoms with E-state index in [9.17, 15) is 14.4 Å². The number of hydrogen-bond acceptors (Lipinski definition) is 7. The van der Waals surface area contributed by atoms with Gasteiger partial charge in [-0.25, -0.2) is 0 Å². The molecule has 0 atom stereocenters. The lowest BCUT2D eigenvalue weighted by atomic mass is 10.2. The number of thiocarbonyl (C=S) groups is 1. The third kappa shape index (κ3) is 10.4. The Labute approximate surface area is 169 Å². The minimum atomic E-state index is -0.511. The van der Waals surface area contributed by atoms with Gasteiger partial charge in [0.1, 0.15) is 12.4 Å². The molecule has 0 saturated heterocycles. The number of hydrazine groups is 1. The summed E-state index contributed by atoms with van der Waals surface area (Å²) in [6, 6.07) is 7.41. The number of carbonyl (C=O) groups is 3. The van der Waals surface area contributed by atoms with E-state index in [-0.39, 0.29) is 31.2 Å². The average Bonchev–Trinajstić information content (AvgIpc) is 2.69. The molecule has 3 N–H and O–H groups in total. The van der Waals surface area contributed by atoms with Gasteiger partial charge in [-0.2, -0.15) is 0 Å². The molecule has 2 amide bonds. The maximum atomic E-state index is 11.7. The van der Waals surface area contributed by atoms with Crippen LogP contribution in [0.1, 0.15) is 25.3 Å². The molecule has 0 aliphatic rings. The van der Waals surface area contributed by atoms with Gasteiger partial charge in [0, 0.05) is 13.5 Å². The molecular formula is C18H25N3O6S. The number of ether oxygens (including phenoxy) is 3. The van der Waals surface area contributed by atoms with Crippen molar-refractivity contribution in [3.05, 3.63) is 29.8 Å². The van der Waals surface area contributed by atoms with Gasteiger partial charge in [-0.05, 0) is 36.3 Å². The van der Waals surface area contributed by atoms with Gasteiger partial charge in [-0.15, -0.1) is 0 Å². The predicted octanol–water partition coefficient (Wildman–Crippen LogP) is 0.620. The fraction of sp³-hybridized carbons (Fsp3) is 0.444. The monoisotopic (exact) mass is 411 g/mol. The quantitative estimate of drug-likeness (QED) is 0.222. The molecule has 1 rings (SSSR count). The standard InChI is InChI=1S/C18H25N3O6S/c1-3-13-4-6-14(7-5-13)27-12-16(23)20-21-18(28)19-15(22)8-9-17(24)26-11-10-25-2/h4-7H,3,8-12H2,1-2H3,(H,20,23)(H2,19,21,22,28). The van der Waals surface area contributed by atoms with E-state index in [2.05, 4.69) is 16.2 Å². The summed E-state index contributed by atoms with van der Waals surface area (Å²) in [7, 11) is 1.49. The number of aryl methyl sites for hydroxylation is 1. The van der Waals surface area contributed by atoms with Crippen molar-refractivity contribution in [1.82, 2.24) is 16.2 Å². The summed E-state index contributed by atoms with van der Waals surface area (Å²) in [5, 5.41) is 2.24. The molecule has 0 fully saturated rings. The molecule has 154 valence electrons. The zero-order valence-electron chi connectivity index (χ0n) is 15.9. The Kier molecular flexibility index (Phi) is 11.2. The number of esters is 1. The Bertz CT molecular complexity index is 666. The van der Waals surface area contributed by atoms with Crippen LogP contribution in [0.2, 0.25) is 0 Å². The Balaban J connectivity index is 2.17. The second-order valence-corrected chi connectivity index (χ2v) is 5.96. The normalized spacial score (nSPS) is 9.93. The fourth-order valence-corrected chi connectivity index (χ4v) is 2.04. The molecule has 0 aliphatic carbocycles. The molecule has 0 unspecified atom stereocenters. The van der Waals surface area contributed by atoms with Crippen LogP contribution in [0.5, 0.6) is 5.75 Å². The molecule has 9 nitrogen and oxygen atoms in total. The second-order valence-electron chi connectivity index (χ2n) is 5.55. The number of methoxy groups -OCH3 is 1. The summed E-state index contributed by atoms with van der Waals surface area (Å²) in [6.45, 7) is 2.25. The van der Waals surface area contributed by atoms with E-state index < -0.39 is 17.8 Å². The van der Waals surface area contributed by atoms with Crippen LogP contribution < -0.4 is 20.9 Å². The summed E-state index contributed by atoms with van der Waals surface area (Å²) in [5.74, 6) is -0.898. The molecule has 0 aliphatic heterocycles. The lowest BCUT2D eigenvalue weighted by molar-refractivity contribution is -0.146. The molecule has 1 aromatic rings. The number of hydrogen-bond donors (Lipinski definition) is 3. The van der Waals surface area contributed by atoms with Crippen LogP contribution in [-0.2, 0) is 30.3 Å². The SMILES string of the molecule is CCc1ccc(OCC(=O)NNC(=S)NC(=O)CCC(=O)OCCOC)cc1. The maximum Gasteiger partial charge on any atom is 0.306 e. The van der Waals surface area contributed by atoms with E-state index in [1.54, 1.807) is 12.1 Å². The van der Waals surface area contributed by atoms with E-state index in [1.165, 1.54) is 12.7 Å². The van der Waals surface area contributed by atoms with Crippen LogP contribution in [0.25, 0.3) is 0 Å². The molecule has 1 aromatic carbocycles. The average molecular weight is 411 g/mol. The highest BCUT2D eigenvalue weighted by Gasteiger charge is 2.10. The summed E-state index contributed by atoms with van der Waals surface area (Å²) < 4.78 is 14.9. The minimum Gasteiger partial charge on any atom is -0.484 e. The van der Waals surface area contributed by atoms with Crippen molar-refractivity contribution in [2.75, 3.05) is 26.9 Å². The number of amides is 2. The number of benzene rings is 1. The van der Waals surface area contributed by atoms with Gasteiger partial charge in [-0.1, -0.05) is 19.1 Å². The third-order valence-electron chi connectivity index (χ3n) is 3.38.